The maximum atomic E-state index is 4.22. The molecule has 0 aromatic carbocycles. The topological polar surface area (TPSA) is 55.6 Å². The minimum Gasteiger partial charge on any atom is -0.354 e. The highest BCUT2D eigenvalue weighted by Crippen LogP contribution is 1.97. The van der Waals surface area contributed by atoms with Crippen molar-refractivity contribution < 1.29 is 0 Å². The Hall–Kier alpha value is -1.91. The minimum absolute atomic E-state index is 0.605. The fourth-order valence-electron chi connectivity index (χ4n) is 1.25. The first-order valence-electron chi connectivity index (χ1n) is 4.74. The van der Waals surface area contributed by atoms with Crippen molar-refractivity contribution >= 4 is 5.95 Å². The molecule has 0 spiro atoms. The Kier molecular flexibility index (Phi) is 2.92. The summed E-state index contributed by atoms with van der Waals surface area (Å²) in [5.74, 6) is 0.605. The Labute approximate surface area is 88.2 Å². The maximum absolute atomic E-state index is 4.22. The molecule has 0 amide bonds. The number of nitrogens with one attached hydrogen (secondary N) is 1. The van der Waals surface area contributed by atoms with Crippen molar-refractivity contribution in [2.45, 2.75) is 6.42 Å². The molecule has 2 aromatic heterocycles. The smallest absolute Gasteiger partial charge is 0.223 e. The van der Waals surface area contributed by atoms with Gasteiger partial charge in [0.05, 0.1) is 18.2 Å². The fraction of sp³-hybridized carbons (Fsp3) is 0.300. The third-order valence-corrected chi connectivity index (χ3v) is 1.94. The van der Waals surface area contributed by atoms with Gasteiger partial charge in [-0.2, -0.15) is 0 Å². The molecule has 5 nitrogen and oxygen atoms in total. The molecule has 5 heteroatoms. The van der Waals surface area contributed by atoms with Gasteiger partial charge in [-0.3, -0.25) is 0 Å². The summed E-state index contributed by atoms with van der Waals surface area (Å²) in [6, 6.07) is 1.67. The van der Waals surface area contributed by atoms with E-state index in [1.165, 1.54) is 0 Å². The predicted octanol–water partition coefficient (Wildman–Crippen LogP) is 0.665. The molecule has 77 valence electrons. The molecule has 1 radical (unpaired) electrons. The summed E-state index contributed by atoms with van der Waals surface area (Å²) in [5, 5.41) is 3.10. The number of imidazole rings is 1. The van der Waals surface area contributed by atoms with Crippen molar-refractivity contribution in [2.24, 2.45) is 7.05 Å². The van der Waals surface area contributed by atoms with E-state index in [2.05, 4.69) is 26.5 Å². The molecule has 0 aliphatic carbocycles. The van der Waals surface area contributed by atoms with Gasteiger partial charge < -0.3 is 9.88 Å². The summed E-state index contributed by atoms with van der Waals surface area (Å²) >= 11 is 0. The van der Waals surface area contributed by atoms with Gasteiger partial charge in [0.1, 0.15) is 0 Å². The van der Waals surface area contributed by atoms with E-state index < -0.39 is 0 Å². The van der Waals surface area contributed by atoms with E-state index in [4.69, 9.17) is 0 Å². The van der Waals surface area contributed by atoms with Crippen LogP contribution in [-0.4, -0.2) is 26.1 Å². The molecule has 0 aliphatic heterocycles. The number of hydrogen-bond donors (Lipinski definition) is 1. The number of anilines is 1. The van der Waals surface area contributed by atoms with E-state index in [1.807, 2.05) is 17.8 Å². The molecule has 0 fully saturated rings. The number of aryl methyl sites for hydroxylation is 1. The maximum Gasteiger partial charge on any atom is 0.223 e. The quantitative estimate of drug-likeness (QED) is 0.791. The summed E-state index contributed by atoms with van der Waals surface area (Å²) in [4.78, 5) is 12.2. The lowest BCUT2D eigenvalue weighted by Crippen LogP contribution is -2.07. The number of rotatable bonds is 4. The average molecular weight is 202 g/mol. The zero-order valence-corrected chi connectivity index (χ0v) is 8.51. The minimum atomic E-state index is 0.605. The molecule has 0 atom stereocenters. The monoisotopic (exact) mass is 202 g/mol. The molecule has 0 unspecified atom stereocenters. The molecule has 0 aliphatic rings. The van der Waals surface area contributed by atoms with Crippen LogP contribution in [0.3, 0.4) is 0 Å². The van der Waals surface area contributed by atoms with Gasteiger partial charge in [-0.25, -0.2) is 15.0 Å². The first-order valence-corrected chi connectivity index (χ1v) is 4.74. The molecule has 1 N–H and O–H groups in total. The van der Waals surface area contributed by atoms with Crippen molar-refractivity contribution in [3.63, 3.8) is 0 Å². The van der Waals surface area contributed by atoms with Crippen molar-refractivity contribution in [3.8, 4) is 0 Å². The Morgan fingerprint density at radius 2 is 2.40 bits per heavy atom. The van der Waals surface area contributed by atoms with Gasteiger partial charge in [-0.05, 0) is 6.07 Å². The van der Waals surface area contributed by atoms with Crippen LogP contribution in [0.15, 0.2) is 24.8 Å². The molecule has 0 saturated heterocycles. The van der Waals surface area contributed by atoms with Crippen LogP contribution in [0.4, 0.5) is 5.95 Å². The van der Waals surface area contributed by atoms with Gasteiger partial charge in [0.2, 0.25) is 5.95 Å². The predicted molar refractivity (Wildman–Crippen MR) is 56.3 cm³/mol. The van der Waals surface area contributed by atoms with E-state index in [-0.39, 0.29) is 0 Å². The zero-order valence-electron chi connectivity index (χ0n) is 8.51. The highest BCUT2D eigenvalue weighted by Gasteiger charge is 1.97. The molecule has 15 heavy (non-hydrogen) atoms. The third kappa shape index (κ3) is 2.77. The van der Waals surface area contributed by atoms with Crippen LogP contribution in [0.25, 0.3) is 0 Å². The summed E-state index contributed by atoms with van der Waals surface area (Å²) in [5.41, 5.74) is 1.06. The summed E-state index contributed by atoms with van der Waals surface area (Å²) in [7, 11) is 1.96. The van der Waals surface area contributed by atoms with Gasteiger partial charge in [0, 0.05) is 32.4 Å². The van der Waals surface area contributed by atoms with Crippen molar-refractivity contribution in [3.05, 3.63) is 36.7 Å². The molecule has 0 bridgehead atoms. The first kappa shape index (κ1) is 9.64. The molecule has 0 saturated carbocycles. The molecule has 2 rings (SSSR count). The second-order valence-electron chi connectivity index (χ2n) is 3.22. The van der Waals surface area contributed by atoms with Crippen LogP contribution in [0.5, 0.6) is 0 Å². The lowest BCUT2D eigenvalue weighted by atomic mass is 10.3. The number of hydrogen-bond acceptors (Lipinski definition) is 4. The summed E-state index contributed by atoms with van der Waals surface area (Å²) in [6.45, 7) is 0.773. The lowest BCUT2D eigenvalue weighted by Gasteiger charge is -2.01. The van der Waals surface area contributed by atoms with E-state index >= 15 is 0 Å². The van der Waals surface area contributed by atoms with E-state index in [0.717, 1.165) is 18.7 Å². The second-order valence-corrected chi connectivity index (χ2v) is 3.22. The Balaban J connectivity index is 1.80. The normalized spacial score (nSPS) is 10.2. The molecule has 2 heterocycles. The van der Waals surface area contributed by atoms with Crippen LogP contribution < -0.4 is 5.32 Å². The molecule has 2 aromatic rings. The van der Waals surface area contributed by atoms with Crippen LogP contribution >= 0.6 is 0 Å². The van der Waals surface area contributed by atoms with Crippen molar-refractivity contribution in [1.82, 2.24) is 19.5 Å². The SMILES string of the molecule is Cn1cnc(CCNc2n[c]ccn2)c1. The Morgan fingerprint density at radius 3 is 3.07 bits per heavy atom. The number of nitrogens with zero attached hydrogens (tertiary/aromatic N) is 4. The summed E-state index contributed by atoms with van der Waals surface area (Å²) in [6.07, 6.45) is 9.04. The van der Waals surface area contributed by atoms with Crippen LogP contribution in [-0.2, 0) is 13.5 Å². The fourth-order valence-corrected chi connectivity index (χ4v) is 1.25. The average Bonchev–Trinajstić information content (AvgIpc) is 2.66. The van der Waals surface area contributed by atoms with Crippen molar-refractivity contribution in [1.29, 1.82) is 0 Å². The van der Waals surface area contributed by atoms with E-state index in [9.17, 15) is 0 Å². The van der Waals surface area contributed by atoms with Crippen molar-refractivity contribution in [2.75, 3.05) is 11.9 Å². The molecular weight excluding hydrogens is 190 g/mol. The number of aromatic nitrogens is 4. The van der Waals surface area contributed by atoms with Gasteiger partial charge in [-0.15, -0.1) is 0 Å². The third-order valence-electron chi connectivity index (χ3n) is 1.94. The first-order chi connectivity index (χ1) is 7.34. The zero-order chi connectivity index (χ0) is 10.5. The van der Waals surface area contributed by atoms with Crippen LogP contribution in [0, 0.1) is 6.20 Å². The van der Waals surface area contributed by atoms with Gasteiger partial charge in [0.25, 0.3) is 0 Å². The van der Waals surface area contributed by atoms with Crippen LogP contribution in [0.2, 0.25) is 0 Å². The highest BCUT2D eigenvalue weighted by molar-refractivity contribution is 5.21. The standard InChI is InChI=1S/C10H12N5/c1-15-7-9(14-8-15)3-6-13-10-11-4-2-5-12-10/h2,4,7-8H,3,6H2,1H3,(H,11,12,13). The van der Waals surface area contributed by atoms with Gasteiger partial charge in [0.15, 0.2) is 0 Å². The second kappa shape index (κ2) is 4.54. The lowest BCUT2D eigenvalue weighted by molar-refractivity contribution is 0.909. The van der Waals surface area contributed by atoms with Gasteiger partial charge >= 0.3 is 0 Å². The summed E-state index contributed by atoms with van der Waals surface area (Å²) < 4.78 is 1.93. The Bertz CT molecular complexity index is 409. The van der Waals surface area contributed by atoms with Crippen LogP contribution in [0.1, 0.15) is 5.69 Å². The highest BCUT2D eigenvalue weighted by atomic mass is 15.1. The Morgan fingerprint density at radius 1 is 1.47 bits per heavy atom. The van der Waals surface area contributed by atoms with E-state index in [0.29, 0.717) is 5.95 Å². The largest absolute Gasteiger partial charge is 0.354 e. The van der Waals surface area contributed by atoms with E-state index in [1.54, 1.807) is 18.6 Å². The van der Waals surface area contributed by atoms with Gasteiger partial charge in [-0.1, -0.05) is 0 Å². The molecular formula is C10H12N5.